The summed E-state index contributed by atoms with van der Waals surface area (Å²) in [6, 6.07) is 9.50. The van der Waals surface area contributed by atoms with Gasteiger partial charge in [-0.3, -0.25) is 0 Å². The maximum atomic E-state index is 14.0. The van der Waals surface area contributed by atoms with E-state index in [9.17, 15) is 9.18 Å². The van der Waals surface area contributed by atoms with E-state index in [1.807, 2.05) is 22.6 Å². The molecular weight excluding hydrogens is 390 g/mol. The van der Waals surface area contributed by atoms with Crippen molar-refractivity contribution in [2.45, 2.75) is 6.61 Å². The Bertz CT molecular complexity index is 673. The van der Waals surface area contributed by atoms with Crippen molar-refractivity contribution in [2.75, 3.05) is 7.11 Å². The Morgan fingerprint density at radius 2 is 2.05 bits per heavy atom. The molecule has 2 aromatic rings. The van der Waals surface area contributed by atoms with Crippen LogP contribution in [0.5, 0.6) is 11.5 Å². The first-order valence-corrected chi connectivity index (χ1v) is 7.08. The number of carboxylic acid groups (broad SMARTS) is 1. The zero-order chi connectivity index (χ0) is 15.4. The number of carbonyl (C=O) groups is 1. The molecule has 0 atom stereocenters. The molecule has 6 heteroatoms. The lowest BCUT2D eigenvalue weighted by molar-refractivity contribution is 0.0691. The number of benzene rings is 2. The fourth-order valence-corrected chi connectivity index (χ4v) is 2.27. The summed E-state index contributed by atoms with van der Waals surface area (Å²) in [5.74, 6) is -1.28. The quantitative estimate of drug-likeness (QED) is 0.775. The van der Waals surface area contributed by atoms with Crippen LogP contribution in [0, 0.1) is 9.39 Å². The maximum absolute atomic E-state index is 14.0. The highest BCUT2D eigenvalue weighted by Crippen LogP contribution is 2.25. The van der Waals surface area contributed by atoms with Gasteiger partial charge in [0.15, 0.2) is 11.6 Å². The molecule has 0 spiro atoms. The van der Waals surface area contributed by atoms with Crippen molar-refractivity contribution in [3.8, 4) is 11.5 Å². The first-order chi connectivity index (χ1) is 10.0. The van der Waals surface area contributed by atoms with E-state index in [1.54, 1.807) is 24.3 Å². The molecule has 2 aromatic carbocycles. The smallest absolute Gasteiger partial charge is 0.339 e. The second-order valence-corrected chi connectivity index (χ2v) is 5.41. The molecule has 0 heterocycles. The van der Waals surface area contributed by atoms with E-state index in [0.29, 0.717) is 5.56 Å². The van der Waals surface area contributed by atoms with Gasteiger partial charge in [0, 0.05) is 9.13 Å². The van der Waals surface area contributed by atoms with Crippen molar-refractivity contribution in [2.24, 2.45) is 0 Å². The first kappa shape index (κ1) is 15.6. The van der Waals surface area contributed by atoms with Gasteiger partial charge in [0.2, 0.25) is 0 Å². The van der Waals surface area contributed by atoms with Crippen LogP contribution in [-0.4, -0.2) is 18.2 Å². The van der Waals surface area contributed by atoms with Crippen LogP contribution in [0.3, 0.4) is 0 Å². The van der Waals surface area contributed by atoms with Crippen LogP contribution in [-0.2, 0) is 6.61 Å². The van der Waals surface area contributed by atoms with Crippen LogP contribution in [0.4, 0.5) is 4.39 Å². The summed E-state index contributed by atoms with van der Waals surface area (Å²) in [5, 5.41) is 9.15. The lowest BCUT2D eigenvalue weighted by atomic mass is 10.2. The van der Waals surface area contributed by atoms with Gasteiger partial charge in [-0.25, -0.2) is 9.18 Å². The summed E-state index contributed by atoms with van der Waals surface area (Å²) < 4.78 is 25.1. The number of ether oxygens (including phenoxy) is 2. The summed E-state index contributed by atoms with van der Waals surface area (Å²) in [6.07, 6.45) is 0. The van der Waals surface area contributed by atoms with E-state index in [0.717, 1.165) is 3.57 Å². The van der Waals surface area contributed by atoms with E-state index in [4.69, 9.17) is 14.6 Å². The van der Waals surface area contributed by atoms with Gasteiger partial charge < -0.3 is 14.6 Å². The Hall–Kier alpha value is -1.83. The second-order valence-electron chi connectivity index (χ2n) is 4.17. The predicted octanol–water partition coefficient (Wildman–Crippen LogP) is 3.72. The third kappa shape index (κ3) is 3.63. The fourth-order valence-electron chi connectivity index (χ4n) is 1.78. The third-order valence-electron chi connectivity index (χ3n) is 2.82. The van der Waals surface area contributed by atoms with Gasteiger partial charge in [-0.1, -0.05) is 12.1 Å². The van der Waals surface area contributed by atoms with Crippen molar-refractivity contribution in [1.29, 1.82) is 0 Å². The number of aromatic carboxylic acids is 1. The molecule has 4 nitrogen and oxygen atoms in total. The second kappa shape index (κ2) is 6.75. The first-order valence-electron chi connectivity index (χ1n) is 6.00. The summed E-state index contributed by atoms with van der Waals surface area (Å²) in [4.78, 5) is 11.2. The van der Waals surface area contributed by atoms with Crippen molar-refractivity contribution < 1.29 is 23.8 Å². The molecule has 0 aliphatic carbocycles. The SMILES string of the molecule is COc1cccc(COc2ccc(I)cc2C(=O)O)c1F. The van der Waals surface area contributed by atoms with Gasteiger partial charge in [-0.15, -0.1) is 0 Å². The average molecular weight is 402 g/mol. The highest BCUT2D eigenvalue weighted by atomic mass is 127. The van der Waals surface area contributed by atoms with Gasteiger partial charge >= 0.3 is 5.97 Å². The van der Waals surface area contributed by atoms with Gasteiger partial charge in [0.25, 0.3) is 0 Å². The number of methoxy groups -OCH3 is 1. The van der Waals surface area contributed by atoms with E-state index in [1.165, 1.54) is 19.2 Å². The molecule has 0 aliphatic rings. The zero-order valence-electron chi connectivity index (χ0n) is 11.1. The van der Waals surface area contributed by atoms with Crippen LogP contribution in [0.2, 0.25) is 0 Å². The highest BCUT2D eigenvalue weighted by Gasteiger charge is 2.14. The van der Waals surface area contributed by atoms with Crippen LogP contribution in [0.25, 0.3) is 0 Å². The molecule has 0 radical (unpaired) electrons. The largest absolute Gasteiger partial charge is 0.494 e. The third-order valence-corrected chi connectivity index (χ3v) is 3.49. The molecule has 0 saturated carbocycles. The molecule has 21 heavy (non-hydrogen) atoms. The molecule has 0 aromatic heterocycles. The van der Waals surface area contributed by atoms with E-state index < -0.39 is 11.8 Å². The summed E-state index contributed by atoms with van der Waals surface area (Å²) in [7, 11) is 1.38. The highest BCUT2D eigenvalue weighted by molar-refractivity contribution is 14.1. The standard InChI is InChI=1S/C15H12FIO4/c1-20-13-4-2-3-9(14(13)16)8-21-12-6-5-10(17)7-11(12)15(18)19/h2-7H,8H2,1H3,(H,18,19). The number of halogens is 2. The van der Waals surface area contributed by atoms with E-state index in [-0.39, 0.29) is 23.7 Å². The summed E-state index contributed by atoms with van der Waals surface area (Å²) >= 11 is 2.01. The maximum Gasteiger partial charge on any atom is 0.339 e. The van der Waals surface area contributed by atoms with Crippen molar-refractivity contribution in [3.63, 3.8) is 0 Å². The predicted molar refractivity (Wildman–Crippen MR) is 83.4 cm³/mol. The van der Waals surface area contributed by atoms with Crippen molar-refractivity contribution >= 4 is 28.6 Å². The van der Waals surface area contributed by atoms with Crippen LogP contribution in [0.15, 0.2) is 36.4 Å². The minimum Gasteiger partial charge on any atom is -0.494 e. The molecule has 110 valence electrons. The van der Waals surface area contributed by atoms with E-state index >= 15 is 0 Å². The van der Waals surface area contributed by atoms with Gasteiger partial charge in [0.1, 0.15) is 17.9 Å². The number of hydrogen-bond acceptors (Lipinski definition) is 3. The molecule has 0 bridgehead atoms. The lowest BCUT2D eigenvalue weighted by Gasteiger charge is -2.11. The number of rotatable bonds is 5. The molecule has 1 N–H and O–H groups in total. The lowest BCUT2D eigenvalue weighted by Crippen LogP contribution is -2.05. The molecule has 0 unspecified atom stereocenters. The molecule has 0 saturated heterocycles. The monoisotopic (exact) mass is 402 g/mol. The molecule has 0 fully saturated rings. The zero-order valence-corrected chi connectivity index (χ0v) is 13.3. The average Bonchev–Trinajstić information content (AvgIpc) is 2.47. The fraction of sp³-hybridized carbons (Fsp3) is 0.133. The van der Waals surface area contributed by atoms with Crippen molar-refractivity contribution in [1.82, 2.24) is 0 Å². The molecule has 2 rings (SSSR count). The number of carboxylic acids is 1. The molecule has 0 amide bonds. The van der Waals surface area contributed by atoms with Crippen LogP contribution < -0.4 is 9.47 Å². The minimum absolute atomic E-state index is 0.0465. The number of hydrogen-bond donors (Lipinski definition) is 1. The summed E-state index contributed by atoms with van der Waals surface area (Å²) in [5.41, 5.74) is 0.342. The molecule has 0 aliphatic heterocycles. The Morgan fingerprint density at radius 1 is 1.29 bits per heavy atom. The van der Waals surface area contributed by atoms with Crippen LogP contribution >= 0.6 is 22.6 Å². The van der Waals surface area contributed by atoms with Gasteiger partial charge in [0.05, 0.1) is 7.11 Å². The Balaban J connectivity index is 2.23. The summed E-state index contributed by atoms with van der Waals surface area (Å²) in [6.45, 7) is -0.0795. The Morgan fingerprint density at radius 3 is 2.71 bits per heavy atom. The molecular formula is C15H12FIO4. The van der Waals surface area contributed by atoms with Crippen molar-refractivity contribution in [3.05, 3.63) is 56.9 Å². The Labute approximate surface area is 134 Å². The Kier molecular flexibility index (Phi) is 5.00. The van der Waals surface area contributed by atoms with Gasteiger partial charge in [-0.2, -0.15) is 0 Å². The van der Waals surface area contributed by atoms with Gasteiger partial charge in [-0.05, 0) is 46.9 Å². The van der Waals surface area contributed by atoms with Crippen LogP contribution in [0.1, 0.15) is 15.9 Å². The van der Waals surface area contributed by atoms with E-state index in [2.05, 4.69) is 0 Å². The topological polar surface area (TPSA) is 55.8 Å². The normalized spacial score (nSPS) is 10.2. The minimum atomic E-state index is -1.09.